The molecule has 10 heteroatoms. The Labute approximate surface area is 183 Å². The molecule has 1 unspecified atom stereocenters. The van der Waals surface area contributed by atoms with Crippen molar-refractivity contribution < 1.29 is 17.6 Å². The van der Waals surface area contributed by atoms with Crippen LogP contribution in [0.5, 0.6) is 0 Å². The number of sulfone groups is 1. The van der Waals surface area contributed by atoms with Gasteiger partial charge in [0.2, 0.25) is 5.91 Å². The second kappa shape index (κ2) is 8.32. The number of hydrogen-bond donors (Lipinski definition) is 0. The van der Waals surface area contributed by atoms with Crippen molar-refractivity contribution in [3.8, 4) is 0 Å². The number of thiophene rings is 1. The lowest BCUT2D eigenvalue weighted by molar-refractivity contribution is -0.131. The summed E-state index contributed by atoms with van der Waals surface area (Å²) in [6, 6.07) is 3.23. The van der Waals surface area contributed by atoms with Gasteiger partial charge in [-0.25, -0.2) is 18.4 Å². The van der Waals surface area contributed by atoms with Crippen molar-refractivity contribution in [2.75, 3.05) is 17.3 Å². The van der Waals surface area contributed by atoms with Crippen LogP contribution in [-0.2, 0) is 21.2 Å². The molecular weight excluding hydrogens is 442 g/mol. The van der Waals surface area contributed by atoms with E-state index in [-0.39, 0.29) is 35.8 Å². The largest absolute Gasteiger partial charge is 0.467 e. The zero-order chi connectivity index (χ0) is 21.5. The SMILES string of the molecule is Cc1nc(SCC(=O)N(Cc2ccco2)C2CCS(=O)(=O)C2)c2c(C)c(C)sc2n1. The summed E-state index contributed by atoms with van der Waals surface area (Å²) in [5.41, 5.74) is 1.14. The Morgan fingerprint density at radius 3 is 2.80 bits per heavy atom. The topological polar surface area (TPSA) is 93.4 Å². The molecule has 4 heterocycles. The third kappa shape index (κ3) is 4.40. The molecule has 3 aromatic heterocycles. The van der Waals surface area contributed by atoms with Crippen molar-refractivity contribution in [2.45, 2.75) is 44.8 Å². The number of rotatable bonds is 6. The summed E-state index contributed by atoms with van der Waals surface area (Å²) in [4.78, 5) is 26.1. The fourth-order valence-corrected chi connectivity index (χ4v) is 7.53. The number of fused-ring (bicyclic) bond motifs is 1. The van der Waals surface area contributed by atoms with E-state index in [4.69, 9.17) is 4.42 Å². The first-order chi connectivity index (χ1) is 14.2. The van der Waals surface area contributed by atoms with E-state index in [0.29, 0.717) is 18.0 Å². The first-order valence-electron chi connectivity index (χ1n) is 9.63. The van der Waals surface area contributed by atoms with Crippen molar-refractivity contribution in [3.05, 3.63) is 40.4 Å². The number of thioether (sulfide) groups is 1. The quantitative estimate of drug-likeness (QED) is 0.406. The summed E-state index contributed by atoms with van der Waals surface area (Å²) in [5.74, 6) is 1.50. The highest BCUT2D eigenvalue weighted by atomic mass is 32.2. The molecule has 1 atom stereocenters. The lowest BCUT2D eigenvalue weighted by atomic mass is 10.2. The van der Waals surface area contributed by atoms with E-state index in [1.807, 2.05) is 13.8 Å². The third-order valence-electron chi connectivity index (χ3n) is 5.32. The summed E-state index contributed by atoms with van der Waals surface area (Å²) < 4.78 is 29.4. The second-order valence-corrected chi connectivity index (χ2v) is 11.9. The monoisotopic (exact) mass is 465 g/mol. The number of carbonyl (C=O) groups is 1. The number of hydrogen-bond acceptors (Lipinski definition) is 8. The van der Waals surface area contributed by atoms with E-state index in [1.165, 1.54) is 16.6 Å². The van der Waals surface area contributed by atoms with Crippen LogP contribution in [-0.4, -0.2) is 52.5 Å². The van der Waals surface area contributed by atoms with E-state index in [0.717, 1.165) is 20.8 Å². The molecule has 1 aliphatic heterocycles. The van der Waals surface area contributed by atoms with Gasteiger partial charge >= 0.3 is 0 Å². The van der Waals surface area contributed by atoms with Crippen LogP contribution in [0, 0.1) is 20.8 Å². The van der Waals surface area contributed by atoms with E-state index in [2.05, 4.69) is 16.9 Å². The Hall–Kier alpha value is -1.91. The highest BCUT2D eigenvalue weighted by Crippen LogP contribution is 2.35. The fraction of sp³-hybridized carbons (Fsp3) is 0.450. The highest BCUT2D eigenvalue weighted by Gasteiger charge is 2.35. The number of aryl methyl sites for hydroxylation is 3. The van der Waals surface area contributed by atoms with E-state index in [1.54, 1.807) is 34.6 Å². The third-order valence-corrected chi connectivity index (χ3v) is 9.13. The van der Waals surface area contributed by atoms with Crippen molar-refractivity contribution in [1.29, 1.82) is 0 Å². The van der Waals surface area contributed by atoms with E-state index >= 15 is 0 Å². The zero-order valence-electron chi connectivity index (χ0n) is 17.0. The predicted octanol–water partition coefficient (Wildman–Crippen LogP) is 3.52. The van der Waals surface area contributed by atoms with Crippen LogP contribution in [0.1, 0.15) is 28.4 Å². The molecule has 0 bridgehead atoms. The minimum absolute atomic E-state index is 0.00378. The van der Waals surface area contributed by atoms with Crippen molar-refractivity contribution in [1.82, 2.24) is 14.9 Å². The maximum absolute atomic E-state index is 13.2. The molecule has 0 radical (unpaired) electrons. The normalized spacial score (nSPS) is 18.2. The van der Waals surface area contributed by atoms with E-state index < -0.39 is 9.84 Å². The molecule has 1 amide bonds. The Kier molecular flexibility index (Phi) is 5.91. The number of aromatic nitrogens is 2. The standard InChI is InChI=1S/C20H23N3O4S3/c1-12-13(2)29-20-18(12)19(21-14(3)22-20)28-10-17(24)23(9-16-5-4-7-27-16)15-6-8-30(25,26)11-15/h4-5,7,15H,6,8-11H2,1-3H3. The van der Waals surface area contributed by atoms with Gasteiger partial charge in [0.15, 0.2) is 9.84 Å². The van der Waals surface area contributed by atoms with Crippen LogP contribution in [0.25, 0.3) is 10.2 Å². The van der Waals surface area contributed by atoms with Gasteiger partial charge in [0.1, 0.15) is 21.4 Å². The molecule has 1 aliphatic rings. The number of nitrogens with zero attached hydrogens (tertiary/aromatic N) is 3. The number of carbonyl (C=O) groups excluding carboxylic acids is 1. The average Bonchev–Trinajstić information content (AvgIpc) is 3.38. The van der Waals surface area contributed by atoms with Crippen LogP contribution >= 0.6 is 23.1 Å². The summed E-state index contributed by atoms with van der Waals surface area (Å²) in [6.45, 7) is 6.22. The van der Waals surface area contributed by atoms with Gasteiger partial charge < -0.3 is 9.32 Å². The molecule has 1 fully saturated rings. The maximum atomic E-state index is 13.2. The van der Waals surface area contributed by atoms with Crippen molar-refractivity contribution in [3.63, 3.8) is 0 Å². The minimum Gasteiger partial charge on any atom is -0.467 e. The van der Waals surface area contributed by atoms with E-state index in [9.17, 15) is 13.2 Å². The lowest BCUT2D eigenvalue weighted by Crippen LogP contribution is -2.41. The molecule has 0 saturated carbocycles. The first-order valence-corrected chi connectivity index (χ1v) is 13.3. The first kappa shape index (κ1) is 21.3. The molecule has 7 nitrogen and oxygen atoms in total. The molecule has 3 aromatic rings. The van der Waals surface area contributed by atoms with Crippen LogP contribution in [0.15, 0.2) is 27.8 Å². The van der Waals surface area contributed by atoms with Gasteiger partial charge in [0.25, 0.3) is 0 Å². The molecule has 0 aromatic carbocycles. The van der Waals surface area contributed by atoms with Crippen molar-refractivity contribution >= 4 is 49.1 Å². The Bertz CT molecular complexity index is 1190. The number of furan rings is 1. The van der Waals surface area contributed by atoms with Crippen molar-refractivity contribution in [2.24, 2.45) is 0 Å². The highest BCUT2D eigenvalue weighted by molar-refractivity contribution is 8.00. The molecular formula is C20H23N3O4S3. The maximum Gasteiger partial charge on any atom is 0.233 e. The predicted molar refractivity (Wildman–Crippen MR) is 119 cm³/mol. The molecule has 1 saturated heterocycles. The summed E-state index contributed by atoms with van der Waals surface area (Å²) in [5, 5.41) is 1.80. The molecule has 0 spiro atoms. The number of amides is 1. The molecule has 4 rings (SSSR count). The Balaban J connectivity index is 1.56. The summed E-state index contributed by atoms with van der Waals surface area (Å²) >= 11 is 3.02. The molecule has 160 valence electrons. The molecule has 0 aliphatic carbocycles. The van der Waals surface area contributed by atoms with Crippen LogP contribution < -0.4 is 0 Å². The molecule has 0 N–H and O–H groups in total. The van der Waals surface area contributed by atoms with Crippen LogP contribution in [0.4, 0.5) is 0 Å². The van der Waals surface area contributed by atoms with Crippen LogP contribution in [0.3, 0.4) is 0 Å². The molecule has 30 heavy (non-hydrogen) atoms. The Morgan fingerprint density at radius 2 is 2.13 bits per heavy atom. The summed E-state index contributed by atoms with van der Waals surface area (Å²) in [6.07, 6.45) is 2.01. The van der Waals surface area contributed by atoms with Gasteiger partial charge in [-0.15, -0.1) is 11.3 Å². The minimum atomic E-state index is -3.11. The zero-order valence-corrected chi connectivity index (χ0v) is 19.5. The smallest absolute Gasteiger partial charge is 0.233 e. The van der Waals surface area contributed by atoms with Gasteiger partial charge in [0.05, 0.1) is 30.1 Å². The van der Waals surface area contributed by atoms with Gasteiger partial charge in [0, 0.05) is 16.3 Å². The summed E-state index contributed by atoms with van der Waals surface area (Å²) in [7, 11) is -3.11. The second-order valence-electron chi connectivity index (χ2n) is 7.49. The van der Waals surface area contributed by atoms with Gasteiger partial charge in [-0.05, 0) is 44.9 Å². The average molecular weight is 466 g/mol. The fourth-order valence-electron chi connectivity index (χ4n) is 3.64. The Morgan fingerprint density at radius 1 is 1.33 bits per heavy atom. The lowest BCUT2D eigenvalue weighted by Gasteiger charge is -2.27. The van der Waals surface area contributed by atoms with Crippen LogP contribution in [0.2, 0.25) is 0 Å². The van der Waals surface area contributed by atoms with Gasteiger partial charge in [-0.2, -0.15) is 0 Å². The van der Waals surface area contributed by atoms with Gasteiger partial charge in [-0.1, -0.05) is 11.8 Å². The van der Waals surface area contributed by atoms with Gasteiger partial charge in [-0.3, -0.25) is 4.79 Å².